The highest BCUT2D eigenvalue weighted by molar-refractivity contribution is 8.19. The molecule has 0 radical (unpaired) electrons. The molecule has 0 aliphatic carbocycles. The van der Waals surface area contributed by atoms with E-state index >= 15 is 0 Å². The Morgan fingerprint density at radius 2 is 1.72 bits per heavy atom. The number of para-hydroxylation sites is 1. The number of anilines is 1. The normalized spacial score (nSPS) is 17.5. The third-order valence-corrected chi connectivity index (χ3v) is 5.78. The third-order valence-electron chi connectivity index (χ3n) is 4.08. The van der Waals surface area contributed by atoms with Crippen LogP contribution in [0.2, 0.25) is 0 Å². The van der Waals surface area contributed by atoms with Crippen molar-refractivity contribution in [3.05, 3.63) is 87.8 Å². The maximum atomic E-state index is 13.2. The quantitative estimate of drug-likeness (QED) is 0.517. The number of amidine groups is 1. The first kappa shape index (κ1) is 19.3. The predicted octanol–water partition coefficient (Wildman–Crippen LogP) is 5.60. The van der Waals surface area contributed by atoms with Crippen LogP contribution in [0.25, 0.3) is 6.08 Å². The summed E-state index contributed by atoms with van der Waals surface area (Å²) in [6.45, 7) is 3.87. The molecule has 1 amide bonds. The fourth-order valence-electron chi connectivity index (χ4n) is 2.83. The maximum absolute atomic E-state index is 13.2. The van der Waals surface area contributed by atoms with Gasteiger partial charge in [0.15, 0.2) is 5.17 Å². The van der Waals surface area contributed by atoms with Crippen LogP contribution >= 0.6 is 23.1 Å². The van der Waals surface area contributed by atoms with Crippen LogP contribution in [0.1, 0.15) is 17.5 Å². The number of aliphatic imine (C=N–C) groups is 1. The van der Waals surface area contributed by atoms with Gasteiger partial charge in [0.1, 0.15) is 5.01 Å². The van der Waals surface area contributed by atoms with Gasteiger partial charge in [-0.1, -0.05) is 65.9 Å². The van der Waals surface area contributed by atoms with E-state index in [1.165, 1.54) is 23.1 Å². The van der Waals surface area contributed by atoms with Crippen molar-refractivity contribution in [1.82, 2.24) is 10.2 Å². The number of hydrogen-bond donors (Lipinski definition) is 0. The summed E-state index contributed by atoms with van der Waals surface area (Å²) >= 11 is 2.75. The molecule has 0 saturated carbocycles. The van der Waals surface area contributed by atoms with Gasteiger partial charge in [-0.05, 0) is 55.0 Å². The van der Waals surface area contributed by atoms with Gasteiger partial charge in [0.2, 0.25) is 5.13 Å². The standard InChI is InChI=1S/C22H18N4OS2/c1-15(13-17-9-5-3-6-10-17)14-19-20(27)26(18-11-7-4-8-12-18)22(29-19)23-21-25-24-16(2)28-21/h3-14H,1-2H3/b15-13+,19-14-,23-22+. The molecule has 0 spiro atoms. The molecular weight excluding hydrogens is 400 g/mol. The molecule has 2 heterocycles. The molecule has 1 aromatic heterocycles. The van der Waals surface area contributed by atoms with E-state index in [2.05, 4.69) is 21.3 Å². The summed E-state index contributed by atoms with van der Waals surface area (Å²) in [4.78, 5) is 20.0. The van der Waals surface area contributed by atoms with Gasteiger partial charge >= 0.3 is 0 Å². The number of aryl methyl sites for hydroxylation is 1. The van der Waals surface area contributed by atoms with E-state index in [1.807, 2.05) is 80.6 Å². The molecule has 1 aliphatic heterocycles. The summed E-state index contributed by atoms with van der Waals surface area (Å²) in [5.74, 6) is -0.0954. The van der Waals surface area contributed by atoms with Crippen LogP contribution in [0.15, 0.2) is 82.2 Å². The summed E-state index contributed by atoms with van der Waals surface area (Å²) < 4.78 is 0. The Hall–Kier alpha value is -3.03. The summed E-state index contributed by atoms with van der Waals surface area (Å²) in [5.41, 5.74) is 2.86. The lowest BCUT2D eigenvalue weighted by atomic mass is 10.1. The summed E-state index contributed by atoms with van der Waals surface area (Å²) in [6.07, 6.45) is 3.96. The van der Waals surface area contributed by atoms with Gasteiger partial charge in [-0.25, -0.2) is 0 Å². The number of carbonyl (C=O) groups is 1. The molecule has 7 heteroatoms. The molecule has 144 valence electrons. The van der Waals surface area contributed by atoms with E-state index in [-0.39, 0.29) is 5.91 Å². The topological polar surface area (TPSA) is 58.5 Å². The first-order valence-corrected chi connectivity index (χ1v) is 10.6. The Kier molecular flexibility index (Phi) is 5.69. The van der Waals surface area contributed by atoms with Crippen LogP contribution in [-0.2, 0) is 4.79 Å². The van der Waals surface area contributed by atoms with Crippen LogP contribution in [0.4, 0.5) is 10.8 Å². The van der Waals surface area contributed by atoms with Crippen LogP contribution in [0.3, 0.4) is 0 Å². The van der Waals surface area contributed by atoms with Gasteiger partial charge in [0.25, 0.3) is 5.91 Å². The number of hydrogen-bond acceptors (Lipinski definition) is 6. The Labute approximate surface area is 177 Å². The minimum Gasteiger partial charge on any atom is -0.268 e. The first-order chi connectivity index (χ1) is 14.1. The fourth-order valence-corrected chi connectivity index (χ4v) is 4.48. The lowest BCUT2D eigenvalue weighted by Gasteiger charge is -2.14. The molecule has 5 nitrogen and oxygen atoms in total. The molecule has 2 aromatic carbocycles. The predicted molar refractivity (Wildman–Crippen MR) is 121 cm³/mol. The molecule has 1 saturated heterocycles. The van der Waals surface area contributed by atoms with Crippen molar-refractivity contribution in [2.24, 2.45) is 4.99 Å². The van der Waals surface area contributed by atoms with Gasteiger partial charge < -0.3 is 0 Å². The molecule has 0 bridgehead atoms. The summed E-state index contributed by atoms with van der Waals surface area (Å²) in [5, 5.41) is 10.0. The van der Waals surface area contributed by atoms with Crippen molar-refractivity contribution in [2.45, 2.75) is 13.8 Å². The second-order valence-corrected chi connectivity index (χ2v) is 8.55. The summed E-state index contributed by atoms with van der Waals surface area (Å²) in [6, 6.07) is 19.6. The highest BCUT2D eigenvalue weighted by Gasteiger charge is 2.34. The molecule has 0 unspecified atom stereocenters. The number of benzene rings is 2. The number of thioether (sulfide) groups is 1. The molecule has 3 aromatic rings. The zero-order valence-corrected chi connectivity index (χ0v) is 17.6. The molecule has 4 rings (SSSR count). The summed E-state index contributed by atoms with van der Waals surface area (Å²) in [7, 11) is 0. The number of nitrogens with zero attached hydrogens (tertiary/aromatic N) is 4. The number of allylic oxidation sites excluding steroid dienone is 2. The number of aromatic nitrogens is 2. The van der Waals surface area contributed by atoms with E-state index in [0.717, 1.165) is 21.8 Å². The van der Waals surface area contributed by atoms with Crippen molar-refractivity contribution in [3.8, 4) is 0 Å². The molecule has 1 fully saturated rings. The first-order valence-electron chi connectivity index (χ1n) is 9.01. The van der Waals surface area contributed by atoms with E-state index in [4.69, 9.17) is 0 Å². The Balaban J connectivity index is 1.71. The van der Waals surface area contributed by atoms with Crippen molar-refractivity contribution >= 4 is 51.1 Å². The third kappa shape index (κ3) is 4.52. The molecule has 1 aliphatic rings. The van der Waals surface area contributed by atoms with E-state index < -0.39 is 0 Å². The fraction of sp³-hybridized carbons (Fsp3) is 0.0909. The Morgan fingerprint density at radius 1 is 1.03 bits per heavy atom. The number of rotatable bonds is 4. The average Bonchev–Trinajstić information content (AvgIpc) is 3.26. The second kappa shape index (κ2) is 8.55. The van der Waals surface area contributed by atoms with Crippen molar-refractivity contribution in [1.29, 1.82) is 0 Å². The lowest BCUT2D eigenvalue weighted by molar-refractivity contribution is -0.113. The highest BCUT2D eigenvalue weighted by Crippen LogP contribution is 2.37. The van der Waals surface area contributed by atoms with E-state index in [0.29, 0.717) is 15.2 Å². The molecule has 0 atom stereocenters. The molecule has 29 heavy (non-hydrogen) atoms. The second-order valence-electron chi connectivity index (χ2n) is 6.38. The Morgan fingerprint density at radius 3 is 2.38 bits per heavy atom. The molecular formula is C22H18N4OS2. The zero-order valence-electron chi connectivity index (χ0n) is 15.9. The van der Waals surface area contributed by atoms with Gasteiger partial charge in [0.05, 0.1) is 10.6 Å². The van der Waals surface area contributed by atoms with Crippen LogP contribution in [-0.4, -0.2) is 21.3 Å². The van der Waals surface area contributed by atoms with Gasteiger partial charge in [-0.15, -0.1) is 10.2 Å². The minimum absolute atomic E-state index is 0.0954. The van der Waals surface area contributed by atoms with Crippen LogP contribution in [0.5, 0.6) is 0 Å². The number of carbonyl (C=O) groups excluding carboxylic acids is 1. The van der Waals surface area contributed by atoms with Crippen molar-refractivity contribution < 1.29 is 4.79 Å². The van der Waals surface area contributed by atoms with Crippen LogP contribution in [0, 0.1) is 6.92 Å². The van der Waals surface area contributed by atoms with Crippen LogP contribution < -0.4 is 4.90 Å². The average molecular weight is 419 g/mol. The van der Waals surface area contributed by atoms with E-state index in [9.17, 15) is 4.79 Å². The van der Waals surface area contributed by atoms with Gasteiger partial charge in [-0.3, -0.25) is 9.69 Å². The van der Waals surface area contributed by atoms with Crippen molar-refractivity contribution in [3.63, 3.8) is 0 Å². The lowest BCUT2D eigenvalue weighted by Crippen LogP contribution is -2.28. The van der Waals surface area contributed by atoms with Gasteiger partial charge in [0, 0.05) is 0 Å². The number of amides is 1. The molecule has 0 N–H and O–H groups in total. The zero-order chi connectivity index (χ0) is 20.2. The smallest absolute Gasteiger partial charge is 0.268 e. The largest absolute Gasteiger partial charge is 0.271 e. The van der Waals surface area contributed by atoms with Gasteiger partial charge in [-0.2, -0.15) is 4.99 Å². The Bertz CT molecular complexity index is 1120. The highest BCUT2D eigenvalue weighted by atomic mass is 32.2. The van der Waals surface area contributed by atoms with E-state index in [1.54, 1.807) is 4.90 Å². The SMILES string of the molecule is CC(/C=C1\S/C(=N/c2nnc(C)s2)N(c2ccccc2)C1=O)=C\c1ccccc1. The maximum Gasteiger partial charge on any atom is 0.271 e. The van der Waals surface area contributed by atoms with Crippen molar-refractivity contribution in [2.75, 3.05) is 4.90 Å². The monoisotopic (exact) mass is 418 g/mol. The minimum atomic E-state index is -0.0954.